The van der Waals surface area contributed by atoms with Crippen molar-refractivity contribution in [2.45, 2.75) is 26.2 Å². The molecule has 82 valence electrons. The molecule has 0 aliphatic carbocycles. The normalized spacial score (nSPS) is 11.1. The van der Waals surface area contributed by atoms with Gasteiger partial charge in [-0.15, -0.1) is 10.2 Å². The molecular formula is C8H14N6O. The second-order valence-corrected chi connectivity index (χ2v) is 3.93. The number of carbonyl (C=O) groups is 1. The van der Waals surface area contributed by atoms with Gasteiger partial charge in [0.15, 0.2) is 5.82 Å². The molecule has 0 aliphatic rings. The standard InChI is InChI=1S/C8H14N6O/c1-5(9)6(15)10-4-8(2,3)7-11-13-14-12-7/h9H,4H2,1-3H3,(H,10,15)(H,11,12,13,14). The molecule has 0 saturated carbocycles. The summed E-state index contributed by atoms with van der Waals surface area (Å²) in [7, 11) is 0. The van der Waals surface area contributed by atoms with Crippen molar-refractivity contribution in [3.05, 3.63) is 5.82 Å². The molecule has 3 N–H and O–H groups in total. The molecule has 0 bridgehead atoms. The van der Waals surface area contributed by atoms with Gasteiger partial charge < -0.3 is 5.32 Å². The van der Waals surface area contributed by atoms with Crippen LogP contribution in [0.2, 0.25) is 0 Å². The van der Waals surface area contributed by atoms with E-state index >= 15 is 0 Å². The number of rotatable bonds is 4. The summed E-state index contributed by atoms with van der Waals surface area (Å²) in [5.74, 6) is 0.150. The van der Waals surface area contributed by atoms with E-state index in [4.69, 9.17) is 5.41 Å². The molecule has 1 aromatic rings. The van der Waals surface area contributed by atoms with E-state index in [9.17, 15) is 4.79 Å². The van der Waals surface area contributed by atoms with E-state index in [1.165, 1.54) is 6.92 Å². The first-order chi connectivity index (χ1) is 6.93. The Morgan fingerprint density at radius 1 is 1.60 bits per heavy atom. The number of nitrogens with one attached hydrogen (secondary N) is 3. The van der Waals surface area contributed by atoms with Gasteiger partial charge in [-0.2, -0.15) is 5.21 Å². The van der Waals surface area contributed by atoms with Gasteiger partial charge in [0.05, 0.1) is 5.71 Å². The third-order valence-electron chi connectivity index (χ3n) is 1.98. The van der Waals surface area contributed by atoms with Crippen molar-refractivity contribution < 1.29 is 4.79 Å². The summed E-state index contributed by atoms with van der Waals surface area (Å²) >= 11 is 0. The molecule has 7 heteroatoms. The Labute approximate surface area is 87.2 Å². The average Bonchev–Trinajstić information content (AvgIpc) is 2.67. The highest BCUT2D eigenvalue weighted by Gasteiger charge is 2.26. The molecule has 0 fully saturated rings. The predicted molar refractivity (Wildman–Crippen MR) is 53.6 cm³/mol. The molecule has 1 heterocycles. The molecule has 1 rings (SSSR count). The quantitative estimate of drug-likeness (QED) is 0.589. The first kappa shape index (κ1) is 11.3. The predicted octanol–water partition coefficient (Wildman–Crippen LogP) is -0.367. The van der Waals surface area contributed by atoms with Crippen LogP contribution < -0.4 is 5.32 Å². The van der Waals surface area contributed by atoms with Gasteiger partial charge >= 0.3 is 0 Å². The molecule has 0 unspecified atom stereocenters. The SMILES string of the molecule is CC(=N)C(=O)NCC(C)(C)c1nn[nH]n1. The molecule has 7 nitrogen and oxygen atoms in total. The first-order valence-electron chi connectivity index (χ1n) is 4.51. The molecule has 0 saturated heterocycles. The van der Waals surface area contributed by atoms with E-state index < -0.39 is 5.41 Å². The molecule has 0 aliphatic heterocycles. The van der Waals surface area contributed by atoms with E-state index in [0.29, 0.717) is 12.4 Å². The van der Waals surface area contributed by atoms with Crippen LogP contribution in [-0.2, 0) is 10.2 Å². The number of nitrogens with zero attached hydrogens (tertiary/aromatic N) is 3. The molecule has 15 heavy (non-hydrogen) atoms. The van der Waals surface area contributed by atoms with Gasteiger partial charge in [0.1, 0.15) is 0 Å². The fourth-order valence-corrected chi connectivity index (χ4v) is 0.961. The van der Waals surface area contributed by atoms with Crippen molar-refractivity contribution >= 4 is 11.6 Å². The van der Waals surface area contributed by atoms with E-state index in [-0.39, 0.29) is 11.6 Å². The zero-order chi connectivity index (χ0) is 11.5. The number of aromatic nitrogens is 4. The smallest absolute Gasteiger partial charge is 0.264 e. The lowest BCUT2D eigenvalue weighted by Crippen LogP contribution is -2.39. The van der Waals surface area contributed by atoms with E-state index in [2.05, 4.69) is 25.9 Å². The van der Waals surface area contributed by atoms with Crippen molar-refractivity contribution in [3.8, 4) is 0 Å². The number of aromatic amines is 1. The summed E-state index contributed by atoms with van der Waals surface area (Å²) in [6.45, 7) is 5.58. The summed E-state index contributed by atoms with van der Waals surface area (Å²) < 4.78 is 0. The Balaban J connectivity index is 2.58. The Morgan fingerprint density at radius 2 is 2.27 bits per heavy atom. The number of hydrogen-bond acceptors (Lipinski definition) is 5. The lowest BCUT2D eigenvalue weighted by Gasteiger charge is -2.20. The number of hydrogen-bond donors (Lipinski definition) is 3. The van der Waals surface area contributed by atoms with Crippen molar-refractivity contribution in [1.29, 1.82) is 5.41 Å². The number of amides is 1. The van der Waals surface area contributed by atoms with Crippen LogP contribution in [-0.4, -0.2) is 38.8 Å². The van der Waals surface area contributed by atoms with Gasteiger partial charge in [-0.05, 0) is 6.92 Å². The zero-order valence-electron chi connectivity index (χ0n) is 8.96. The number of carbonyl (C=O) groups excluding carboxylic acids is 1. The van der Waals surface area contributed by atoms with Gasteiger partial charge in [-0.25, -0.2) is 0 Å². The molecule has 0 atom stereocenters. The summed E-state index contributed by atoms with van der Waals surface area (Å²) in [6.07, 6.45) is 0. The summed E-state index contributed by atoms with van der Waals surface area (Å²) in [5, 5.41) is 23.3. The Morgan fingerprint density at radius 3 is 2.73 bits per heavy atom. The van der Waals surface area contributed by atoms with E-state index in [1.807, 2.05) is 13.8 Å². The van der Waals surface area contributed by atoms with Crippen LogP contribution >= 0.6 is 0 Å². The van der Waals surface area contributed by atoms with Crippen LogP contribution in [0.15, 0.2) is 0 Å². The minimum absolute atomic E-state index is 0.0149. The van der Waals surface area contributed by atoms with Crippen molar-refractivity contribution in [2.75, 3.05) is 6.54 Å². The minimum Gasteiger partial charge on any atom is -0.350 e. The van der Waals surface area contributed by atoms with Gasteiger partial charge in [0.25, 0.3) is 5.91 Å². The number of tetrazole rings is 1. The van der Waals surface area contributed by atoms with Crippen LogP contribution in [0.3, 0.4) is 0 Å². The lowest BCUT2D eigenvalue weighted by atomic mass is 9.92. The fourth-order valence-electron chi connectivity index (χ4n) is 0.961. The van der Waals surface area contributed by atoms with Crippen molar-refractivity contribution in [3.63, 3.8) is 0 Å². The van der Waals surface area contributed by atoms with Crippen molar-refractivity contribution in [2.24, 2.45) is 0 Å². The van der Waals surface area contributed by atoms with Crippen LogP contribution in [0.25, 0.3) is 0 Å². The molecule has 1 amide bonds. The van der Waals surface area contributed by atoms with Crippen LogP contribution in [0.5, 0.6) is 0 Å². The third kappa shape index (κ3) is 2.83. The van der Waals surface area contributed by atoms with Gasteiger partial charge in [-0.1, -0.05) is 19.1 Å². The zero-order valence-corrected chi connectivity index (χ0v) is 8.96. The second-order valence-electron chi connectivity index (χ2n) is 3.93. The van der Waals surface area contributed by atoms with Crippen molar-refractivity contribution in [1.82, 2.24) is 25.9 Å². The van der Waals surface area contributed by atoms with Gasteiger partial charge in [0, 0.05) is 12.0 Å². The van der Waals surface area contributed by atoms with Crippen LogP contribution in [0, 0.1) is 5.41 Å². The molecular weight excluding hydrogens is 196 g/mol. The summed E-state index contributed by atoms with van der Waals surface area (Å²) in [6, 6.07) is 0. The maximum Gasteiger partial charge on any atom is 0.264 e. The van der Waals surface area contributed by atoms with Crippen LogP contribution in [0.1, 0.15) is 26.6 Å². The third-order valence-corrected chi connectivity index (χ3v) is 1.98. The maximum atomic E-state index is 11.2. The summed E-state index contributed by atoms with van der Waals surface area (Å²) in [5.41, 5.74) is -0.420. The van der Waals surface area contributed by atoms with Gasteiger partial charge in [-0.3, -0.25) is 10.2 Å². The molecule has 0 radical (unpaired) electrons. The Bertz CT molecular complexity index is 355. The van der Waals surface area contributed by atoms with E-state index in [1.54, 1.807) is 0 Å². The fraction of sp³-hybridized carbons (Fsp3) is 0.625. The Kier molecular flexibility index (Phi) is 3.13. The number of H-pyrrole nitrogens is 1. The Hall–Kier alpha value is -1.79. The van der Waals surface area contributed by atoms with E-state index in [0.717, 1.165) is 0 Å². The van der Waals surface area contributed by atoms with Gasteiger partial charge in [0.2, 0.25) is 0 Å². The topological polar surface area (TPSA) is 107 Å². The largest absolute Gasteiger partial charge is 0.350 e. The highest BCUT2D eigenvalue weighted by Crippen LogP contribution is 2.16. The minimum atomic E-state index is -0.405. The average molecular weight is 210 g/mol. The lowest BCUT2D eigenvalue weighted by molar-refractivity contribution is -0.115. The highest BCUT2D eigenvalue weighted by molar-refractivity contribution is 6.36. The summed E-state index contributed by atoms with van der Waals surface area (Å²) in [4.78, 5) is 11.2. The maximum absolute atomic E-state index is 11.2. The van der Waals surface area contributed by atoms with Crippen LogP contribution in [0.4, 0.5) is 0 Å². The molecule has 1 aromatic heterocycles. The first-order valence-corrected chi connectivity index (χ1v) is 4.51. The molecule has 0 spiro atoms. The molecule has 0 aromatic carbocycles. The highest BCUT2D eigenvalue weighted by atomic mass is 16.1. The monoisotopic (exact) mass is 210 g/mol. The second kappa shape index (κ2) is 4.16.